The molecular weight excluding hydrogens is 388 g/mol. The van der Waals surface area contributed by atoms with Crippen molar-refractivity contribution in [3.63, 3.8) is 0 Å². The Morgan fingerprint density at radius 2 is 1.90 bits per heavy atom. The van der Waals surface area contributed by atoms with Crippen LogP contribution in [0.1, 0.15) is 25.3 Å². The number of benzene rings is 2. The molecule has 0 saturated carbocycles. The van der Waals surface area contributed by atoms with Crippen molar-refractivity contribution >= 4 is 11.6 Å². The summed E-state index contributed by atoms with van der Waals surface area (Å²) < 4.78 is 10.5. The van der Waals surface area contributed by atoms with E-state index in [0.29, 0.717) is 17.1 Å². The lowest BCUT2D eigenvalue weighted by atomic mass is 10.1. The summed E-state index contributed by atoms with van der Waals surface area (Å²) in [5, 5.41) is 15.2. The van der Waals surface area contributed by atoms with E-state index in [-0.39, 0.29) is 36.5 Å². The molecule has 0 atom stereocenters. The van der Waals surface area contributed by atoms with Crippen molar-refractivity contribution in [2.45, 2.75) is 32.9 Å². The van der Waals surface area contributed by atoms with E-state index in [9.17, 15) is 14.9 Å². The Balaban J connectivity index is 1.75. The standard InChI is InChI=1S/C21H22N4O5/c1-14(2)24(20(26)12-16-6-4-5-7-18(16)25(27)28)13-19-22-21(23-30-19)15-8-10-17(29-3)11-9-15/h4-11,14H,12-13H2,1-3H3. The second-order valence-corrected chi connectivity index (χ2v) is 6.92. The van der Waals surface area contributed by atoms with Gasteiger partial charge in [0.1, 0.15) is 12.3 Å². The molecule has 0 aliphatic carbocycles. The van der Waals surface area contributed by atoms with Gasteiger partial charge in [-0.1, -0.05) is 23.4 Å². The van der Waals surface area contributed by atoms with Crippen molar-refractivity contribution in [2.24, 2.45) is 0 Å². The summed E-state index contributed by atoms with van der Waals surface area (Å²) in [6.07, 6.45) is -0.0885. The number of carbonyl (C=O) groups is 1. The smallest absolute Gasteiger partial charge is 0.273 e. The second kappa shape index (κ2) is 9.17. The topological polar surface area (TPSA) is 112 Å². The molecule has 2 aromatic carbocycles. The number of hydrogen-bond acceptors (Lipinski definition) is 7. The van der Waals surface area contributed by atoms with Crippen LogP contribution in [0.3, 0.4) is 0 Å². The fraction of sp³-hybridized carbons (Fsp3) is 0.286. The Labute approximate surface area is 173 Å². The van der Waals surface area contributed by atoms with Crippen LogP contribution in [0, 0.1) is 10.1 Å². The minimum Gasteiger partial charge on any atom is -0.497 e. The fourth-order valence-corrected chi connectivity index (χ4v) is 2.98. The fourth-order valence-electron chi connectivity index (χ4n) is 2.98. The van der Waals surface area contributed by atoms with Crippen molar-refractivity contribution in [2.75, 3.05) is 7.11 Å². The molecule has 0 saturated heterocycles. The first kappa shape index (κ1) is 21.0. The largest absolute Gasteiger partial charge is 0.497 e. The highest BCUT2D eigenvalue weighted by molar-refractivity contribution is 5.80. The van der Waals surface area contributed by atoms with Gasteiger partial charge < -0.3 is 14.2 Å². The van der Waals surface area contributed by atoms with Gasteiger partial charge in [-0.2, -0.15) is 4.98 Å². The zero-order valence-electron chi connectivity index (χ0n) is 16.9. The Kier molecular flexibility index (Phi) is 6.41. The molecule has 0 fully saturated rings. The van der Waals surface area contributed by atoms with Crippen LogP contribution < -0.4 is 4.74 Å². The third-order valence-electron chi connectivity index (χ3n) is 4.60. The van der Waals surface area contributed by atoms with Crippen molar-refractivity contribution in [3.8, 4) is 17.1 Å². The third kappa shape index (κ3) is 4.80. The zero-order chi connectivity index (χ0) is 21.7. The Morgan fingerprint density at radius 1 is 1.20 bits per heavy atom. The number of nitro groups is 1. The number of nitro benzene ring substituents is 1. The van der Waals surface area contributed by atoms with E-state index >= 15 is 0 Å². The summed E-state index contributed by atoms with van der Waals surface area (Å²) in [5.74, 6) is 1.14. The second-order valence-electron chi connectivity index (χ2n) is 6.92. The Morgan fingerprint density at radius 3 is 2.53 bits per heavy atom. The van der Waals surface area contributed by atoms with E-state index in [1.165, 1.54) is 6.07 Å². The average molecular weight is 410 g/mol. The van der Waals surface area contributed by atoms with Gasteiger partial charge in [0.25, 0.3) is 5.69 Å². The summed E-state index contributed by atoms with van der Waals surface area (Å²) in [6.45, 7) is 3.83. The maximum absolute atomic E-state index is 12.9. The molecule has 1 aromatic heterocycles. The van der Waals surface area contributed by atoms with Crippen LogP contribution in [0.2, 0.25) is 0 Å². The monoisotopic (exact) mass is 410 g/mol. The number of hydrogen-bond donors (Lipinski definition) is 0. The third-order valence-corrected chi connectivity index (χ3v) is 4.60. The molecule has 0 radical (unpaired) electrons. The number of ether oxygens (including phenoxy) is 1. The van der Waals surface area contributed by atoms with Gasteiger partial charge in [-0.05, 0) is 38.1 Å². The quantitative estimate of drug-likeness (QED) is 0.412. The van der Waals surface area contributed by atoms with Crippen LogP contribution >= 0.6 is 0 Å². The number of aromatic nitrogens is 2. The van der Waals surface area contributed by atoms with Crippen LogP contribution in [-0.2, 0) is 17.8 Å². The molecule has 156 valence electrons. The van der Waals surface area contributed by atoms with Gasteiger partial charge in [0, 0.05) is 23.2 Å². The minimum absolute atomic E-state index is 0.0749. The molecule has 0 N–H and O–H groups in total. The van der Waals surface area contributed by atoms with Crippen LogP contribution in [0.15, 0.2) is 53.1 Å². The number of nitrogens with zero attached hydrogens (tertiary/aromatic N) is 4. The summed E-state index contributed by atoms with van der Waals surface area (Å²) in [7, 11) is 1.59. The molecule has 0 bridgehead atoms. The van der Waals surface area contributed by atoms with E-state index in [1.54, 1.807) is 42.3 Å². The highest BCUT2D eigenvalue weighted by atomic mass is 16.6. The average Bonchev–Trinajstić information content (AvgIpc) is 3.20. The molecule has 0 aliphatic rings. The van der Waals surface area contributed by atoms with Crippen LogP contribution in [0.25, 0.3) is 11.4 Å². The number of rotatable bonds is 8. The first-order chi connectivity index (χ1) is 14.4. The summed E-state index contributed by atoms with van der Waals surface area (Å²) in [6, 6.07) is 13.3. The number of carbonyl (C=O) groups excluding carboxylic acids is 1. The predicted octanol–water partition coefficient (Wildman–Crippen LogP) is 3.63. The maximum Gasteiger partial charge on any atom is 0.273 e. The van der Waals surface area contributed by atoms with Crippen LogP contribution in [0.5, 0.6) is 5.75 Å². The predicted molar refractivity (Wildman–Crippen MR) is 109 cm³/mol. The van der Waals surface area contributed by atoms with E-state index < -0.39 is 4.92 Å². The van der Waals surface area contributed by atoms with E-state index in [2.05, 4.69) is 10.1 Å². The van der Waals surface area contributed by atoms with Gasteiger partial charge in [-0.15, -0.1) is 0 Å². The molecule has 0 unspecified atom stereocenters. The van der Waals surface area contributed by atoms with Gasteiger partial charge in [-0.3, -0.25) is 14.9 Å². The Hall–Kier alpha value is -3.75. The highest BCUT2D eigenvalue weighted by Crippen LogP contribution is 2.22. The number of amides is 1. The highest BCUT2D eigenvalue weighted by Gasteiger charge is 2.24. The van der Waals surface area contributed by atoms with Gasteiger partial charge in [0.15, 0.2) is 0 Å². The summed E-state index contributed by atoms with van der Waals surface area (Å²) in [5.41, 5.74) is 1.05. The first-order valence-electron chi connectivity index (χ1n) is 9.37. The summed E-state index contributed by atoms with van der Waals surface area (Å²) >= 11 is 0. The maximum atomic E-state index is 12.9. The minimum atomic E-state index is -0.485. The van der Waals surface area contributed by atoms with Gasteiger partial charge in [0.2, 0.25) is 17.6 Å². The zero-order valence-corrected chi connectivity index (χ0v) is 16.9. The molecule has 3 aromatic rings. The molecule has 0 aliphatic heterocycles. The molecule has 1 amide bonds. The molecular formula is C21H22N4O5. The molecule has 1 heterocycles. The van der Waals surface area contributed by atoms with E-state index in [1.807, 2.05) is 26.0 Å². The molecule has 3 rings (SSSR count). The first-order valence-corrected chi connectivity index (χ1v) is 9.37. The summed E-state index contributed by atoms with van der Waals surface area (Å²) in [4.78, 5) is 29.5. The van der Waals surface area contributed by atoms with E-state index in [0.717, 1.165) is 5.56 Å². The number of para-hydroxylation sites is 1. The lowest BCUT2D eigenvalue weighted by Crippen LogP contribution is -2.37. The van der Waals surface area contributed by atoms with Crippen LogP contribution in [0.4, 0.5) is 5.69 Å². The van der Waals surface area contributed by atoms with E-state index in [4.69, 9.17) is 9.26 Å². The lowest BCUT2D eigenvalue weighted by molar-refractivity contribution is -0.385. The van der Waals surface area contributed by atoms with Crippen molar-refractivity contribution in [1.82, 2.24) is 15.0 Å². The molecule has 9 nitrogen and oxygen atoms in total. The Bertz CT molecular complexity index is 1030. The normalized spacial score (nSPS) is 10.8. The van der Waals surface area contributed by atoms with Crippen molar-refractivity contribution in [3.05, 3.63) is 70.1 Å². The molecule has 9 heteroatoms. The molecule has 0 spiro atoms. The van der Waals surface area contributed by atoms with Crippen LogP contribution in [-0.4, -0.2) is 39.0 Å². The van der Waals surface area contributed by atoms with Crippen molar-refractivity contribution in [1.29, 1.82) is 0 Å². The van der Waals surface area contributed by atoms with Gasteiger partial charge in [-0.25, -0.2) is 0 Å². The van der Waals surface area contributed by atoms with Crippen molar-refractivity contribution < 1.29 is 19.0 Å². The van der Waals surface area contributed by atoms with Gasteiger partial charge >= 0.3 is 0 Å². The molecule has 30 heavy (non-hydrogen) atoms. The SMILES string of the molecule is COc1ccc(-c2noc(CN(C(=O)Cc3ccccc3[N+](=O)[O-])C(C)C)n2)cc1. The van der Waals surface area contributed by atoms with Gasteiger partial charge in [0.05, 0.1) is 18.5 Å². The lowest BCUT2D eigenvalue weighted by Gasteiger charge is -2.25. The number of methoxy groups -OCH3 is 1.